The molecule has 0 saturated heterocycles. The van der Waals surface area contributed by atoms with Gasteiger partial charge in [-0.25, -0.2) is 4.39 Å². The summed E-state index contributed by atoms with van der Waals surface area (Å²) in [5.41, 5.74) is -1.25. The lowest BCUT2D eigenvalue weighted by molar-refractivity contribution is -0.147. The van der Waals surface area contributed by atoms with Crippen LogP contribution < -0.4 is 5.32 Å². The number of rotatable bonds is 5. The first-order chi connectivity index (χ1) is 9.25. The Morgan fingerprint density at radius 3 is 2.60 bits per heavy atom. The number of anilines is 1. The molecule has 0 saturated carbocycles. The van der Waals surface area contributed by atoms with Crippen molar-refractivity contribution in [2.24, 2.45) is 5.92 Å². The number of benzene rings is 1. The summed E-state index contributed by atoms with van der Waals surface area (Å²) in [5.74, 6) is -2.30. The Hall–Kier alpha value is -1.79. The molecular weight excluding hydrogens is 278 g/mol. The number of hydrogen-bond donors (Lipinski definition) is 1. The Balaban J connectivity index is 2.72. The number of carbonyl (C=O) groups is 1. The second kappa shape index (κ2) is 6.58. The highest BCUT2D eigenvalue weighted by atomic mass is 19.4. The Morgan fingerprint density at radius 2 is 2.05 bits per heavy atom. The summed E-state index contributed by atoms with van der Waals surface area (Å²) in [5, 5.41) is 2.66. The average Bonchev–Trinajstić information content (AvgIpc) is 2.36. The molecule has 20 heavy (non-hydrogen) atoms. The second-order valence-corrected chi connectivity index (χ2v) is 4.23. The summed E-state index contributed by atoms with van der Waals surface area (Å²) < 4.78 is 55.4. The molecule has 0 amide bonds. The lowest BCUT2D eigenvalue weighted by Gasteiger charge is -2.14. The van der Waals surface area contributed by atoms with Gasteiger partial charge in [0.25, 0.3) is 0 Å². The Kier molecular flexibility index (Phi) is 5.35. The summed E-state index contributed by atoms with van der Waals surface area (Å²) in [6.07, 6.45) is -4.76. The van der Waals surface area contributed by atoms with Crippen LogP contribution in [-0.4, -0.2) is 19.1 Å². The normalized spacial score (nSPS) is 12.9. The smallest absolute Gasteiger partial charge is 0.419 e. The number of alkyl halides is 3. The van der Waals surface area contributed by atoms with Gasteiger partial charge in [0.1, 0.15) is 5.82 Å². The lowest BCUT2D eigenvalue weighted by atomic mass is 10.1. The highest BCUT2D eigenvalue weighted by molar-refractivity contribution is 5.72. The third kappa shape index (κ3) is 4.40. The molecule has 1 unspecified atom stereocenters. The van der Waals surface area contributed by atoms with Gasteiger partial charge in [0.05, 0.1) is 18.1 Å². The lowest BCUT2D eigenvalue weighted by Crippen LogP contribution is -2.22. The molecule has 0 fully saturated rings. The summed E-state index contributed by atoms with van der Waals surface area (Å²) in [6, 6.07) is 2.59. The van der Waals surface area contributed by atoms with E-state index in [1.54, 1.807) is 13.8 Å². The van der Waals surface area contributed by atoms with E-state index in [0.717, 1.165) is 6.07 Å². The number of esters is 1. The van der Waals surface area contributed by atoms with Crippen molar-refractivity contribution in [2.45, 2.75) is 20.0 Å². The van der Waals surface area contributed by atoms with E-state index in [2.05, 4.69) is 5.32 Å². The highest BCUT2D eigenvalue weighted by Gasteiger charge is 2.34. The standard InChI is InChI=1S/C13H15F4NO2/c1-3-20-12(19)8(2)7-18-9-4-5-11(14)10(6-9)13(15,16)17/h4-6,8,18H,3,7H2,1-2H3. The molecule has 0 aliphatic carbocycles. The van der Waals surface area contributed by atoms with Gasteiger partial charge in [-0.1, -0.05) is 6.92 Å². The van der Waals surface area contributed by atoms with E-state index in [1.165, 1.54) is 6.07 Å². The monoisotopic (exact) mass is 293 g/mol. The van der Waals surface area contributed by atoms with Crippen LogP contribution in [0.1, 0.15) is 19.4 Å². The predicted molar refractivity (Wildman–Crippen MR) is 65.7 cm³/mol. The maximum atomic E-state index is 13.1. The number of nitrogens with one attached hydrogen (secondary N) is 1. The molecule has 0 aliphatic heterocycles. The SMILES string of the molecule is CCOC(=O)C(C)CNc1ccc(F)c(C(F)(F)F)c1. The highest BCUT2D eigenvalue weighted by Crippen LogP contribution is 2.32. The van der Waals surface area contributed by atoms with E-state index < -0.39 is 29.4 Å². The average molecular weight is 293 g/mol. The maximum Gasteiger partial charge on any atom is 0.419 e. The van der Waals surface area contributed by atoms with Crippen LogP contribution in [0.2, 0.25) is 0 Å². The molecule has 0 aliphatic rings. The largest absolute Gasteiger partial charge is 0.466 e. The Bertz CT molecular complexity index is 474. The minimum absolute atomic E-state index is 0.0925. The molecule has 0 bridgehead atoms. The van der Waals surface area contributed by atoms with Crippen molar-refractivity contribution in [1.82, 2.24) is 0 Å². The molecule has 1 N–H and O–H groups in total. The fourth-order valence-electron chi connectivity index (χ4n) is 1.49. The minimum Gasteiger partial charge on any atom is -0.466 e. The van der Waals surface area contributed by atoms with Crippen LogP contribution in [0.5, 0.6) is 0 Å². The molecule has 112 valence electrons. The Labute approximate surface area is 113 Å². The third-order valence-corrected chi connectivity index (χ3v) is 2.57. The fourth-order valence-corrected chi connectivity index (χ4v) is 1.49. The first-order valence-electron chi connectivity index (χ1n) is 6.03. The Morgan fingerprint density at radius 1 is 1.40 bits per heavy atom. The van der Waals surface area contributed by atoms with Gasteiger partial charge in [-0.05, 0) is 25.1 Å². The van der Waals surface area contributed by atoms with Gasteiger partial charge in [0.2, 0.25) is 0 Å². The molecular formula is C13H15F4NO2. The molecule has 0 aromatic heterocycles. The molecule has 3 nitrogen and oxygen atoms in total. The zero-order valence-electron chi connectivity index (χ0n) is 11.1. The quantitative estimate of drug-likeness (QED) is 0.667. The van der Waals surface area contributed by atoms with Crippen LogP contribution in [0.15, 0.2) is 18.2 Å². The van der Waals surface area contributed by atoms with Crippen LogP contribution in [0.25, 0.3) is 0 Å². The van der Waals surface area contributed by atoms with Gasteiger partial charge in [-0.15, -0.1) is 0 Å². The number of halogens is 4. The van der Waals surface area contributed by atoms with Crippen LogP contribution in [-0.2, 0) is 15.7 Å². The molecule has 7 heteroatoms. The van der Waals surface area contributed by atoms with Gasteiger partial charge in [-0.2, -0.15) is 13.2 Å². The summed E-state index contributed by atoms with van der Waals surface area (Å²) in [6.45, 7) is 3.58. The predicted octanol–water partition coefficient (Wildman–Crippen LogP) is 3.46. The zero-order chi connectivity index (χ0) is 15.3. The van der Waals surface area contributed by atoms with Crippen LogP contribution in [0.4, 0.5) is 23.2 Å². The van der Waals surface area contributed by atoms with Gasteiger partial charge in [0.15, 0.2) is 0 Å². The van der Waals surface area contributed by atoms with Gasteiger partial charge < -0.3 is 10.1 Å². The topological polar surface area (TPSA) is 38.3 Å². The summed E-state index contributed by atoms with van der Waals surface area (Å²) in [4.78, 5) is 11.3. The van der Waals surface area contributed by atoms with Crippen LogP contribution in [0, 0.1) is 11.7 Å². The van der Waals surface area contributed by atoms with E-state index in [9.17, 15) is 22.4 Å². The maximum absolute atomic E-state index is 13.1. The second-order valence-electron chi connectivity index (χ2n) is 4.23. The van der Waals surface area contributed by atoms with Gasteiger partial charge in [-0.3, -0.25) is 4.79 Å². The zero-order valence-corrected chi connectivity index (χ0v) is 11.1. The molecule has 0 spiro atoms. The van der Waals surface area contributed by atoms with Crippen molar-refractivity contribution >= 4 is 11.7 Å². The van der Waals surface area contributed by atoms with Crippen molar-refractivity contribution in [3.8, 4) is 0 Å². The summed E-state index contributed by atoms with van der Waals surface area (Å²) in [7, 11) is 0. The number of carbonyl (C=O) groups excluding carboxylic acids is 1. The van der Waals surface area contributed by atoms with E-state index in [4.69, 9.17) is 4.74 Å². The molecule has 1 atom stereocenters. The first kappa shape index (κ1) is 16.3. The van der Waals surface area contributed by atoms with Crippen LogP contribution in [0.3, 0.4) is 0 Å². The van der Waals surface area contributed by atoms with E-state index in [-0.39, 0.29) is 18.8 Å². The molecule has 1 rings (SSSR count). The first-order valence-corrected chi connectivity index (χ1v) is 6.03. The summed E-state index contributed by atoms with van der Waals surface area (Å²) >= 11 is 0. The number of ether oxygens (including phenoxy) is 1. The molecule has 0 heterocycles. The minimum atomic E-state index is -4.76. The van der Waals surface area contributed by atoms with Crippen molar-refractivity contribution in [3.05, 3.63) is 29.6 Å². The van der Waals surface area contributed by atoms with E-state index in [1.807, 2.05) is 0 Å². The molecule has 0 radical (unpaired) electrons. The van der Waals surface area contributed by atoms with Gasteiger partial charge >= 0.3 is 12.1 Å². The van der Waals surface area contributed by atoms with E-state index >= 15 is 0 Å². The van der Waals surface area contributed by atoms with Crippen molar-refractivity contribution in [1.29, 1.82) is 0 Å². The van der Waals surface area contributed by atoms with Crippen molar-refractivity contribution in [3.63, 3.8) is 0 Å². The fraction of sp³-hybridized carbons (Fsp3) is 0.462. The molecule has 1 aromatic carbocycles. The molecule has 1 aromatic rings. The van der Waals surface area contributed by atoms with Crippen molar-refractivity contribution in [2.75, 3.05) is 18.5 Å². The van der Waals surface area contributed by atoms with E-state index in [0.29, 0.717) is 6.07 Å². The third-order valence-electron chi connectivity index (χ3n) is 2.57. The van der Waals surface area contributed by atoms with Crippen molar-refractivity contribution < 1.29 is 27.1 Å². The number of hydrogen-bond acceptors (Lipinski definition) is 3. The van der Waals surface area contributed by atoms with Gasteiger partial charge in [0, 0.05) is 12.2 Å². The van der Waals surface area contributed by atoms with Crippen LogP contribution >= 0.6 is 0 Å².